The Morgan fingerprint density at radius 1 is 0.812 bits per heavy atom. The number of hydrogen-bond donors (Lipinski definition) is 4. The molecule has 0 aliphatic carbocycles. The molecule has 2 aromatic carbocycles. The number of aromatic nitrogens is 4. The predicted octanol–water partition coefficient (Wildman–Crippen LogP) is 6.36. The van der Waals surface area contributed by atoms with Gasteiger partial charge in [-0.05, 0) is 110 Å². The molecule has 0 bridgehead atoms. The van der Waals surface area contributed by atoms with Crippen molar-refractivity contribution >= 4 is 11.8 Å². The molecule has 3 aliphatic rings. The molecule has 0 radical (unpaired) electrons. The molecule has 18 atom stereocenters. The zero-order valence-electron chi connectivity index (χ0n) is 49.4. The highest BCUT2D eigenvalue weighted by molar-refractivity contribution is 5.83. The van der Waals surface area contributed by atoms with E-state index in [1.807, 2.05) is 100 Å². The monoisotopic (exact) mass is 1120 g/mol. The summed E-state index contributed by atoms with van der Waals surface area (Å²) < 4.78 is 48.8. The number of methoxy groups -OCH3 is 2. The summed E-state index contributed by atoms with van der Waals surface area (Å²) in [7, 11) is 4.99. The summed E-state index contributed by atoms with van der Waals surface area (Å²) >= 11 is 0. The van der Waals surface area contributed by atoms with Gasteiger partial charge in [-0.2, -0.15) is 0 Å². The first-order valence-electron chi connectivity index (χ1n) is 28.5. The smallest absolute Gasteiger partial charge is 0.311 e. The van der Waals surface area contributed by atoms with Gasteiger partial charge in [0.1, 0.15) is 35.4 Å². The maximum Gasteiger partial charge on any atom is 0.311 e. The minimum atomic E-state index is -2.01. The Hall–Kier alpha value is -4.77. The van der Waals surface area contributed by atoms with Gasteiger partial charge in [0.15, 0.2) is 12.6 Å². The molecule has 5 heterocycles. The van der Waals surface area contributed by atoms with Gasteiger partial charge in [-0.15, -0.1) is 5.10 Å². The van der Waals surface area contributed by atoms with Crippen LogP contribution in [0.25, 0.3) is 16.9 Å². The molecular formula is C61H89N5O14. The molecule has 0 saturated carbocycles. The molecule has 0 amide bonds. The minimum Gasteiger partial charge on any atom is -0.459 e. The minimum absolute atomic E-state index is 0.0789. The van der Waals surface area contributed by atoms with Crippen LogP contribution in [0.1, 0.15) is 118 Å². The number of pyridine rings is 1. The number of rotatable bonds is 16. The molecule has 3 aliphatic heterocycles. The Morgan fingerprint density at radius 2 is 1.49 bits per heavy atom. The number of carbonyl (C=O) groups is 2. The number of benzene rings is 2. The van der Waals surface area contributed by atoms with Crippen molar-refractivity contribution in [2.45, 2.75) is 212 Å². The molecule has 7 rings (SSSR count). The van der Waals surface area contributed by atoms with Crippen molar-refractivity contribution in [2.24, 2.45) is 23.7 Å². The molecule has 2 aromatic heterocycles. The Labute approximate surface area is 471 Å². The normalized spacial score (nSPS) is 35.9. The van der Waals surface area contributed by atoms with E-state index in [2.05, 4.69) is 15.2 Å². The van der Waals surface area contributed by atoms with E-state index in [9.17, 15) is 34.8 Å². The van der Waals surface area contributed by atoms with Gasteiger partial charge in [0, 0.05) is 81.0 Å². The van der Waals surface area contributed by atoms with E-state index >= 15 is 0 Å². The second-order valence-electron chi connectivity index (χ2n) is 23.6. The predicted molar refractivity (Wildman–Crippen MR) is 299 cm³/mol. The summed E-state index contributed by atoms with van der Waals surface area (Å²) in [5, 5.41) is 56.1. The van der Waals surface area contributed by atoms with Crippen molar-refractivity contribution < 1.29 is 63.2 Å². The number of ether oxygens (including phenoxy) is 7. The highest BCUT2D eigenvalue weighted by Gasteiger charge is 2.55. The number of aliphatic hydroxyl groups excluding tert-OH is 3. The molecule has 3 saturated heterocycles. The number of nitrogens with zero attached hydrogens (tertiary/aromatic N) is 5. The van der Waals surface area contributed by atoms with E-state index in [0.29, 0.717) is 25.9 Å². The van der Waals surface area contributed by atoms with Gasteiger partial charge < -0.3 is 53.6 Å². The first-order valence-corrected chi connectivity index (χ1v) is 28.5. The van der Waals surface area contributed by atoms with E-state index in [1.165, 1.54) is 21.1 Å². The van der Waals surface area contributed by atoms with E-state index < -0.39 is 108 Å². The van der Waals surface area contributed by atoms with Crippen LogP contribution in [-0.4, -0.2) is 162 Å². The van der Waals surface area contributed by atoms with Crippen LogP contribution in [0.3, 0.4) is 0 Å². The SMILES string of the molecule is CCC1OC(=O)[C@H](C)[C@H](OC2C[C@@](C)(OC)[C@@H](O)[C@H](C)O2)[C@H](C)[C@@H](OC2O[C@H](C)C[C@H](N(C)Cc3ccc(-c4cn(CCc5ccc(-n6cc(C)ccc6=O)cc5)nn4)cc3)[C@H]2O)[C@@](CC)(OC)C[C@@H](C)C(=O)[C@H](C)[C@@H](O)[C@]1(C)O. The molecule has 4 N–H and O–H groups in total. The van der Waals surface area contributed by atoms with Crippen LogP contribution >= 0.6 is 0 Å². The van der Waals surface area contributed by atoms with E-state index in [4.69, 9.17) is 33.2 Å². The fourth-order valence-electron chi connectivity index (χ4n) is 12.4. The van der Waals surface area contributed by atoms with Crippen LogP contribution in [0.5, 0.6) is 0 Å². The van der Waals surface area contributed by atoms with E-state index in [0.717, 1.165) is 40.1 Å². The third kappa shape index (κ3) is 13.7. The molecule has 3 fully saturated rings. The number of aryl methyl sites for hydroxylation is 3. The average Bonchev–Trinajstić information content (AvgIpc) is 3.93. The average molecular weight is 1120 g/mol. The summed E-state index contributed by atoms with van der Waals surface area (Å²) in [5.41, 5.74) is 1.09. The fraction of sp³-hybridized carbons (Fsp3) is 0.656. The number of cyclic esters (lactones) is 1. The highest BCUT2D eigenvalue weighted by Crippen LogP contribution is 2.43. The Morgan fingerprint density at radius 3 is 2.12 bits per heavy atom. The van der Waals surface area contributed by atoms with Crippen LogP contribution < -0.4 is 5.56 Å². The molecule has 19 heteroatoms. The first-order chi connectivity index (χ1) is 37.8. The third-order valence-electron chi connectivity index (χ3n) is 17.7. The van der Waals surface area contributed by atoms with Gasteiger partial charge in [-0.1, -0.05) is 82.3 Å². The van der Waals surface area contributed by atoms with Gasteiger partial charge >= 0.3 is 5.97 Å². The lowest BCUT2D eigenvalue weighted by atomic mass is 9.72. The van der Waals surface area contributed by atoms with Gasteiger partial charge in [0.25, 0.3) is 5.56 Å². The van der Waals surface area contributed by atoms with Gasteiger partial charge in [-0.25, -0.2) is 0 Å². The molecule has 19 nitrogen and oxygen atoms in total. The maximum absolute atomic E-state index is 14.6. The number of Topliss-reactive ketones (excluding diaryl/α,β-unsaturated/α-hetero) is 1. The Bertz CT molecular complexity index is 2730. The van der Waals surface area contributed by atoms with Crippen LogP contribution in [-0.2, 0) is 62.3 Å². The number of esters is 1. The number of ketones is 1. The standard InChI is InChI=1S/C61H89N5O14/c1-15-48-60(11,73)54(70)38(6)51(68)36(4)30-61(16-2,75-14)56(39(7)53(40(8)57(72)78-48)79-50-31-59(10,74-13)55(71)41(9)77-50)80-58-52(69)47(29-37(5)76-58)64(12)33-43-18-22-44(23-19-43)46-34-65(63-62-46)28-27-42-20-24-45(25-21-42)66-32-35(3)17-26-49(66)67/h17-26,32,34,36-41,47-48,50,52-56,58,69-71,73H,15-16,27-31,33H2,1-14H3/t36-,37-,38+,39+,40-,41+,47+,48?,50?,52-,53-,54-,55+,56-,58?,59-,60-,61+/m1/s1. The quantitative estimate of drug-likeness (QED) is 0.0894. The highest BCUT2D eigenvalue weighted by atomic mass is 16.7. The number of hydrogen-bond acceptors (Lipinski definition) is 17. The van der Waals surface area contributed by atoms with Crippen LogP contribution in [0.2, 0.25) is 0 Å². The lowest BCUT2D eigenvalue weighted by molar-refractivity contribution is -0.321. The van der Waals surface area contributed by atoms with Crippen molar-refractivity contribution in [2.75, 3.05) is 21.3 Å². The number of aliphatic hydroxyl groups is 4. The zero-order valence-corrected chi connectivity index (χ0v) is 49.4. The molecule has 80 heavy (non-hydrogen) atoms. The molecule has 0 spiro atoms. The topological polar surface area (TPSA) is 236 Å². The Balaban J connectivity index is 1.12. The van der Waals surface area contributed by atoms with Crippen molar-refractivity contribution in [3.05, 3.63) is 100 Å². The van der Waals surface area contributed by atoms with Crippen molar-refractivity contribution in [3.63, 3.8) is 0 Å². The van der Waals surface area contributed by atoms with Crippen molar-refractivity contribution in [1.29, 1.82) is 0 Å². The van der Waals surface area contributed by atoms with Gasteiger partial charge in [-0.3, -0.25) is 28.5 Å². The lowest BCUT2D eigenvalue weighted by Crippen LogP contribution is -2.62. The number of likely N-dealkylation sites (N-methyl/N-ethyl adjacent to an activating group) is 1. The van der Waals surface area contributed by atoms with Crippen molar-refractivity contribution in [1.82, 2.24) is 24.5 Å². The fourth-order valence-corrected chi connectivity index (χ4v) is 12.4. The Kier molecular flexibility index (Phi) is 20.6. The summed E-state index contributed by atoms with van der Waals surface area (Å²) in [4.78, 5) is 43.5. The number of carbonyl (C=O) groups excluding carboxylic acids is 2. The molecule has 442 valence electrons. The van der Waals surface area contributed by atoms with Crippen LogP contribution in [0.4, 0.5) is 0 Å². The molecule has 4 aromatic rings. The van der Waals surface area contributed by atoms with Crippen LogP contribution in [0, 0.1) is 30.6 Å². The zero-order chi connectivity index (χ0) is 58.6. The molecule has 3 unspecified atom stereocenters. The second-order valence-corrected chi connectivity index (χ2v) is 23.6. The lowest BCUT2D eigenvalue weighted by Gasteiger charge is -2.50. The van der Waals surface area contributed by atoms with Crippen molar-refractivity contribution in [3.8, 4) is 16.9 Å². The van der Waals surface area contributed by atoms with Crippen LogP contribution in [0.15, 0.2) is 77.9 Å². The van der Waals surface area contributed by atoms with E-state index in [1.54, 1.807) is 58.2 Å². The van der Waals surface area contributed by atoms with Gasteiger partial charge in [0.05, 0.1) is 53.8 Å². The summed E-state index contributed by atoms with van der Waals surface area (Å²) in [6.07, 6.45) is -4.86. The summed E-state index contributed by atoms with van der Waals surface area (Å²) in [6.45, 7) is 20.3. The second kappa shape index (κ2) is 26.2. The summed E-state index contributed by atoms with van der Waals surface area (Å²) in [5.74, 6) is -4.73. The molecular weight excluding hydrogens is 1030 g/mol. The maximum atomic E-state index is 14.6. The van der Waals surface area contributed by atoms with E-state index in [-0.39, 0.29) is 36.7 Å². The first kappa shape index (κ1) is 62.8. The largest absolute Gasteiger partial charge is 0.459 e. The third-order valence-corrected chi connectivity index (χ3v) is 17.7. The summed E-state index contributed by atoms with van der Waals surface area (Å²) in [6, 6.07) is 19.0. The van der Waals surface area contributed by atoms with Gasteiger partial charge in [0.2, 0.25) is 0 Å².